The molecule has 0 amide bonds. The zero-order valence-corrected chi connectivity index (χ0v) is 7.85. The second-order valence-electron chi connectivity index (χ2n) is 3.88. The van der Waals surface area contributed by atoms with Gasteiger partial charge >= 0.3 is 7.12 Å². The molecule has 0 aliphatic heterocycles. The molecule has 74 valence electrons. The maximum Gasteiger partial charge on any atom is 0.488 e. The van der Waals surface area contributed by atoms with Crippen molar-refractivity contribution in [3.8, 4) is 0 Å². The van der Waals surface area contributed by atoms with Crippen molar-refractivity contribution in [3.63, 3.8) is 0 Å². The summed E-state index contributed by atoms with van der Waals surface area (Å²) in [5, 5.41) is 28.0. The first-order valence-corrected chi connectivity index (χ1v) is 4.81. The number of hydrogen-bond acceptors (Lipinski definition) is 3. The minimum absolute atomic E-state index is 0.433. The highest BCUT2D eigenvalue weighted by molar-refractivity contribution is 6.58. The minimum Gasteiger partial charge on any atom is -0.423 e. The number of aliphatic hydroxyl groups is 1. The summed E-state index contributed by atoms with van der Waals surface area (Å²) >= 11 is 0. The first-order chi connectivity index (χ1) is 6.62. The molecule has 1 aliphatic rings. The molecule has 0 radical (unpaired) electrons. The van der Waals surface area contributed by atoms with Crippen molar-refractivity contribution in [3.05, 3.63) is 29.8 Å². The van der Waals surface area contributed by atoms with Crippen LogP contribution in [0.3, 0.4) is 0 Å². The molecule has 1 aliphatic carbocycles. The molecule has 2 rings (SSSR count). The van der Waals surface area contributed by atoms with Gasteiger partial charge in [0.05, 0.1) is 5.60 Å². The van der Waals surface area contributed by atoms with Crippen LogP contribution in [0.4, 0.5) is 0 Å². The third-order valence-electron chi connectivity index (χ3n) is 2.90. The monoisotopic (exact) mass is 192 g/mol. The van der Waals surface area contributed by atoms with Crippen molar-refractivity contribution in [1.82, 2.24) is 0 Å². The quantitative estimate of drug-likeness (QED) is 0.565. The molecular formula is C10H13BO3. The van der Waals surface area contributed by atoms with Crippen LogP contribution in [0.1, 0.15) is 24.8 Å². The highest BCUT2D eigenvalue weighted by atomic mass is 16.4. The van der Waals surface area contributed by atoms with Gasteiger partial charge in [-0.2, -0.15) is 0 Å². The lowest BCUT2D eigenvalue weighted by atomic mass is 9.72. The fraction of sp³-hybridized carbons (Fsp3) is 0.400. The molecule has 4 heteroatoms. The van der Waals surface area contributed by atoms with Crippen molar-refractivity contribution in [1.29, 1.82) is 0 Å². The summed E-state index contributed by atoms with van der Waals surface area (Å²) in [5.74, 6) is 0. The molecule has 0 atom stereocenters. The SMILES string of the molecule is OB(O)c1cccc(C2(O)CCC2)c1. The Bertz CT molecular complexity index is 334. The van der Waals surface area contributed by atoms with Crippen molar-refractivity contribution in [2.24, 2.45) is 0 Å². The topological polar surface area (TPSA) is 60.7 Å². The molecule has 3 N–H and O–H groups in total. The Hall–Kier alpha value is -0.835. The number of benzene rings is 1. The van der Waals surface area contributed by atoms with E-state index in [1.165, 1.54) is 0 Å². The first kappa shape index (κ1) is 9.71. The summed E-state index contributed by atoms with van der Waals surface area (Å²) in [6.45, 7) is 0. The van der Waals surface area contributed by atoms with E-state index in [0.717, 1.165) is 24.8 Å². The Morgan fingerprint density at radius 3 is 2.43 bits per heavy atom. The van der Waals surface area contributed by atoms with Gasteiger partial charge in [0.2, 0.25) is 0 Å². The molecule has 3 nitrogen and oxygen atoms in total. The summed E-state index contributed by atoms with van der Waals surface area (Å²) in [6, 6.07) is 6.85. The van der Waals surface area contributed by atoms with E-state index in [9.17, 15) is 5.11 Å². The van der Waals surface area contributed by atoms with Crippen molar-refractivity contribution < 1.29 is 15.2 Å². The average molecular weight is 192 g/mol. The molecule has 0 aromatic heterocycles. The summed E-state index contributed by atoms with van der Waals surface area (Å²) in [4.78, 5) is 0. The lowest BCUT2D eigenvalue weighted by Gasteiger charge is -2.37. The van der Waals surface area contributed by atoms with Crippen LogP contribution in [-0.4, -0.2) is 22.3 Å². The molecular weight excluding hydrogens is 179 g/mol. The molecule has 0 spiro atoms. The zero-order chi connectivity index (χ0) is 10.2. The average Bonchev–Trinajstić information content (AvgIpc) is 2.14. The van der Waals surface area contributed by atoms with Gasteiger partial charge in [-0.15, -0.1) is 0 Å². The van der Waals surface area contributed by atoms with Crippen LogP contribution in [0.25, 0.3) is 0 Å². The molecule has 1 fully saturated rings. The van der Waals surface area contributed by atoms with E-state index >= 15 is 0 Å². The summed E-state index contributed by atoms with van der Waals surface area (Å²) in [7, 11) is -1.46. The van der Waals surface area contributed by atoms with Gasteiger partial charge in [-0.25, -0.2) is 0 Å². The highest BCUT2D eigenvalue weighted by Crippen LogP contribution is 2.40. The third kappa shape index (κ3) is 1.56. The molecule has 0 saturated heterocycles. The van der Waals surface area contributed by atoms with Crippen LogP contribution < -0.4 is 5.46 Å². The second kappa shape index (κ2) is 3.39. The van der Waals surface area contributed by atoms with Crippen molar-refractivity contribution in [2.45, 2.75) is 24.9 Å². The van der Waals surface area contributed by atoms with Crippen molar-refractivity contribution in [2.75, 3.05) is 0 Å². The Labute approximate surface area is 83.2 Å². The predicted octanol–water partition coefficient (Wildman–Crippen LogP) is -0.262. The van der Waals surface area contributed by atoms with E-state index < -0.39 is 12.7 Å². The molecule has 14 heavy (non-hydrogen) atoms. The smallest absolute Gasteiger partial charge is 0.423 e. The van der Waals surface area contributed by atoms with Crippen LogP contribution in [0, 0.1) is 0 Å². The van der Waals surface area contributed by atoms with Gasteiger partial charge in [-0.1, -0.05) is 24.3 Å². The van der Waals surface area contributed by atoms with E-state index in [-0.39, 0.29) is 0 Å². The Morgan fingerprint density at radius 2 is 1.93 bits per heavy atom. The lowest BCUT2D eigenvalue weighted by molar-refractivity contribution is -0.0387. The van der Waals surface area contributed by atoms with Gasteiger partial charge in [0, 0.05) is 0 Å². The number of hydrogen-bond donors (Lipinski definition) is 3. The van der Waals surface area contributed by atoms with E-state index in [0.29, 0.717) is 5.46 Å². The summed E-state index contributed by atoms with van der Waals surface area (Å²) in [5.41, 5.74) is 0.488. The van der Waals surface area contributed by atoms with Gasteiger partial charge in [0.15, 0.2) is 0 Å². The fourth-order valence-corrected chi connectivity index (χ4v) is 1.79. The Balaban J connectivity index is 2.30. The van der Waals surface area contributed by atoms with Crippen LogP contribution in [0.2, 0.25) is 0 Å². The van der Waals surface area contributed by atoms with Gasteiger partial charge in [0.25, 0.3) is 0 Å². The van der Waals surface area contributed by atoms with E-state index in [1.807, 2.05) is 6.07 Å². The third-order valence-corrected chi connectivity index (χ3v) is 2.90. The second-order valence-corrected chi connectivity index (χ2v) is 3.88. The van der Waals surface area contributed by atoms with Crippen LogP contribution in [0.5, 0.6) is 0 Å². The van der Waals surface area contributed by atoms with Crippen LogP contribution >= 0.6 is 0 Å². The van der Waals surface area contributed by atoms with Gasteiger partial charge in [-0.3, -0.25) is 0 Å². The highest BCUT2D eigenvalue weighted by Gasteiger charge is 2.36. The molecule has 1 aromatic rings. The maximum absolute atomic E-state index is 10.0. The Kier molecular flexibility index (Phi) is 2.35. The molecule has 0 bridgehead atoms. The zero-order valence-electron chi connectivity index (χ0n) is 7.85. The van der Waals surface area contributed by atoms with Gasteiger partial charge in [-0.05, 0) is 30.3 Å². The van der Waals surface area contributed by atoms with Crippen LogP contribution in [-0.2, 0) is 5.60 Å². The predicted molar refractivity (Wildman–Crippen MR) is 54.0 cm³/mol. The molecule has 1 saturated carbocycles. The molecule has 1 aromatic carbocycles. The van der Waals surface area contributed by atoms with Crippen LogP contribution in [0.15, 0.2) is 24.3 Å². The standard InChI is InChI=1S/C10H13BO3/c12-10(5-2-6-10)8-3-1-4-9(7-8)11(13)14/h1,3-4,7,12-14H,2,5-6H2. The first-order valence-electron chi connectivity index (χ1n) is 4.81. The largest absolute Gasteiger partial charge is 0.488 e. The maximum atomic E-state index is 10.0. The number of rotatable bonds is 2. The normalized spacial score (nSPS) is 18.8. The molecule has 0 heterocycles. The van der Waals surface area contributed by atoms with Gasteiger partial charge < -0.3 is 15.2 Å². The van der Waals surface area contributed by atoms with E-state index in [2.05, 4.69) is 0 Å². The summed E-state index contributed by atoms with van der Waals surface area (Å²) in [6.07, 6.45) is 2.55. The lowest BCUT2D eigenvalue weighted by Crippen LogP contribution is -2.36. The summed E-state index contributed by atoms with van der Waals surface area (Å²) < 4.78 is 0. The Morgan fingerprint density at radius 1 is 1.21 bits per heavy atom. The van der Waals surface area contributed by atoms with E-state index in [1.54, 1.807) is 18.2 Å². The van der Waals surface area contributed by atoms with Gasteiger partial charge in [0.1, 0.15) is 0 Å². The fourth-order valence-electron chi connectivity index (χ4n) is 1.79. The molecule has 0 unspecified atom stereocenters. The van der Waals surface area contributed by atoms with Crippen molar-refractivity contribution >= 4 is 12.6 Å². The minimum atomic E-state index is -1.46. The van der Waals surface area contributed by atoms with E-state index in [4.69, 9.17) is 10.0 Å².